The Kier molecular flexibility index (Phi) is 4.57. The van der Waals surface area contributed by atoms with Crippen LogP contribution in [0.2, 0.25) is 0 Å². The molecule has 0 fully saturated rings. The average Bonchev–Trinajstić information content (AvgIpc) is 3.31. The van der Waals surface area contributed by atoms with Crippen molar-refractivity contribution < 1.29 is 13.2 Å². The number of halogens is 3. The van der Waals surface area contributed by atoms with Gasteiger partial charge in [-0.1, -0.05) is 11.3 Å². The first-order chi connectivity index (χ1) is 14.4. The van der Waals surface area contributed by atoms with Crippen LogP contribution in [0.1, 0.15) is 34.6 Å². The SMILES string of the molecule is Cc1c(Cc2ccc3c(c2)C(F)(F)CCS3)c2cc(F)ccc2n1Cc1nn[nH]n1. The third-order valence-electron chi connectivity index (χ3n) is 5.60. The molecule has 0 atom stereocenters. The van der Waals surface area contributed by atoms with Gasteiger partial charge in [0.25, 0.3) is 5.92 Å². The van der Waals surface area contributed by atoms with Crippen LogP contribution < -0.4 is 0 Å². The van der Waals surface area contributed by atoms with E-state index in [2.05, 4.69) is 20.6 Å². The number of tetrazole rings is 1. The Bertz CT molecular complexity index is 1230. The van der Waals surface area contributed by atoms with Crippen molar-refractivity contribution in [3.05, 3.63) is 70.4 Å². The third-order valence-corrected chi connectivity index (χ3v) is 6.67. The topological polar surface area (TPSA) is 59.4 Å². The lowest BCUT2D eigenvalue weighted by molar-refractivity contribution is -0.0116. The summed E-state index contributed by atoms with van der Waals surface area (Å²) in [6.45, 7) is 2.32. The summed E-state index contributed by atoms with van der Waals surface area (Å²) in [5.74, 6) is -2.23. The Hall–Kier alpha value is -2.81. The van der Waals surface area contributed by atoms with Crippen LogP contribution in [0.15, 0.2) is 41.3 Å². The molecule has 30 heavy (non-hydrogen) atoms. The molecule has 5 nitrogen and oxygen atoms in total. The first-order valence-electron chi connectivity index (χ1n) is 9.56. The summed E-state index contributed by atoms with van der Waals surface area (Å²) in [5, 5.41) is 14.8. The molecule has 2 aromatic carbocycles. The van der Waals surface area contributed by atoms with E-state index in [1.54, 1.807) is 18.2 Å². The number of nitrogens with zero attached hydrogens (tertiary/aromatic N) is 4. The van der Waals surface area contributed by atoms with E-state index in [1.807, 2.05) is 17.6 Å². The molecule has 0 saturated carbocycles. The molecule has 2 aromatic heterocycles. The van der Waals surface area contributed by atoms with Gasteiger partial charge in [0, 0.05) is 39.2 Å². The molecule has 0 radical (unpaired) electrons. The Balaban J connectivity index is 1.59. The molecule has 0 amide bonds. The molecule has 154 valence electrons. The van der Waals surface area contributed by atoms with Crippen LogP contribution in [-0.4, -0.2) is 30.9 Å². The van der Waals surface area contributed by atoms with Crippen LogP contribution in [0.4, 0.5) is 13.2 Å². The fourth-order valence-electron chi connectivity index (χ4n) is 4.07. The van der Waals surface area contributed by atoms with Crippen LogP contribution in [-0.2, 0) is 18.9 Å². The zero-order chi connectivity index (χ0) is 20.9. The largest absolute Gasteiger partial charge is 0.337 e. The summed E-state index contributed by atoms with van der Waals surface area (Å²) in [5.41, 5.74) is 3.53. The van der Waals surface area contributed by atoms with Gasteiger partial charge in [-0.25, -0.2) is 13.2 Å². The van der Waals surface area contributed by atoms with Gasteiger partial charge in [-0.05, 0) is 54.8 Å². The Morgan fingerprint density at radius 1 is 1.20 bits per heavy atom. The van der Waals surface area contributed by atoms with E-state index in [9.17, 15) is 13.2 Å². The highest BCUT2D eigenvalue weighted by Crippen LogP contribution is 2.44. The first kappa shape index (κ1) is 19.2. The molecule has 3 heterocycles. The van der Waals surface area contributed by atoms with Crippen LogP contribution in [0.3, 0.4) is 0 Å². The van der Waals surface area contributed by atoms with Gasteiger partial charge < -0.3 is 4.57 Å². The monoisotopic (exact) mass is 429 g/mol. The molecule has 1 N–H and O–H groups in total. The zero-order valence-electron chi connectivity index (χ0n) is 16.1. The highest BCUT2D eigenvalue weighted by molar-refractivity contribution is 7.99. The fourth-order valence-corrected chi connectivity index (χ4v) is 5.17. The summed E-state index contributed by atoms with van der Waals surface area (Å²) in [6, 6.07) is 9.88. The molecule has 9 heteroatoms. The summed E-state index contributed by atoms with van der Waals surface area (Å²) in [4.78, 5) is 0.636. The number of fused-ring (bicyclic) bond motifs is 2. The number of hydrogen-bond donors (Lipinski definition) is 1. The first-order valence-corrected chi connectivity index (χ1v) is 10.5. The number of H-pyrrole nitrogens is 1. The van der Waals surface area contributed by atoms with Crippen molar-refractivity contribution in [3.63, 3.8) is 0 Å². The Morgan fingerprint density at radius 3 is 2.87 bits per heavy atom. The summed E-state index contributed by atoms with van der Waals surface area (Å²) in [6.07, 6.45) is 0.279. The van der Waals surface area contributed by atoms with Crippen LogP contribution in [0.25, 0.3) is 10.9 Å². The number of alkyl halides is 2. The minimum absolute atomic E-state index is 0.0932. The maximum Gasteiger partial charge on any atom is 0.275 e. The molecule has 0 bridgehead atoms. The lowest BCUT2D eigenvalue weighted by atomic mass is 9.97. The maximum absolute atomic E-state index is 14.4. The normalized spacial score (nSPS) is 15.5. The summed E-state index contributed by atoms with van der Waals surface area (Å²) in [7, 11) is 0. The maximum atomic E-state index is 14.4. The second-order valence-electron chi connectivity index (χ2n) is 7.45. The Morgan fingerprint density at radius 2 is 2.07 bits per heavy atom. The van der Waals surface area contributed by atoms with Crippen molar-refractivity contribution >= 4 is 22.7 Å². The lowest BCUT2D eigenvalue weighted by Gasteiger charge is -2.25. The summed E-state index contributed by atoms with van der Waals surface area (Å²) >= 11 is 1.46. The number of hydrogen-bond acceptors (Lipinski definition) is 4. The predicted molar refractivity (Wildman–Crippen MR) is 108 cm³/mol. The van der Waals surface area contributed by atoms with Crippen molar-refractivity contribution in [2.45, 2.75) is 37.1 Å². The van der Waals surface area contributed by atoms with Crippen LogP contribution in [0.5, 0.6) is 0 Å². The van der Waals surface area contributed by atoms with Crippen molar-refractivity contribution in [1.82, 2.24) is 25.2 Å². The molecule has 1 aliphatic rings. The minimum atomic E-state index is -2.82. The average molecular weight is 429 g/mol. The number of aromatic nitrogens is 5. The molecule has 4 aromatic rings. The molecule has 0 aliphatic carbocycles. The standard InChI is InChI=1S/C21H18F3N5S/c1-12-15(8-13-2-5-19-17(9-13)21(23,24)6-7-30-19)16-10-14(22)3-4-18(16)29(12)11-20-25-27-28-26-20/h2-5,9-10H,6-8,11H2,1H3,(H,25,26,27,28). The molecular formula is C21H18F3N5S. The van der Waals surface area contributed by atoms with Crippen molar-refractivity contribution in [1.29, 1.82) is 0 Å². The number of aromatic amines is 1. The lowest BCUT2D eigenvalue weighted by Crippen LogP contribution is -2.19. The molecular weight excluding hydrogens is 411 g/mol. The van der Waals surface area contributed by atoms with Gasteiger partial charge in [-0.2, -0.15) is 5.21 Å². The Labute approximate surface area is 174 Å². The molecule has 5 rings (SSSR count). The highest BCUT2D eigenvalue weighted by atomic mass is 32.2. The molecule has 0 saturated heterocycles. The minimum Gasteiger partial charge on any atom is -0.337 e. The van der Waals surface area contributed by atoms with E-state index in [0.717, 1.165) is 27.7 Å². The van der Waals surface area contributed by atoms with Crippen LogP contribution in [0, 0.1) is 12.7 Å². The quantitative estimate of drug-likeness (QED) is 0.505. The third kappa shape index (κ3) is 3.27. The van der Waals surface area contributed by atoms with Gasteiger partial charge >= 0.3 is 0 Å². The molecule has 0 unspecified atom stereocenters. The van der Waals surface area contributed by atoms with Crippen molar-refractivity contribution in [2.24, 2.45) is 0 Å². The van der Waals surface area contributed by atoms with E-state index in [4.69, 9.17) is 0 Å². The number of nitrogens with one attached hydrogen (secondary N) is 1. The van der Waals surface area contributed by atoms with Gasteiger partial charge in [0.05, 0.1) is 6.54 Å². The smallest absolute Gasteiger partial charge is 0.275 e. The van der Waals surface area contributed by atoms with Gasteiger partial charge in [-0.3, -0.25) is 0 Å². The number of rotatable bonds is 4. The zero-order valence-corrected chi connectivity index (χ0v) is 16.9. The summed E-state index contributed by atoms with van der Waals surface area (Å²) < 4.78 is 44.9. The predicted octanol–water partition coefficient (Wildman–Crippen LogP) is 4.83. The van der Waals surface area contributed by atoms with Gasteiger partial charge in [-0.15, -0.1) is 22.0 Å². The van der Waals surface area contributed by atoms with Crippen LogP contribution >= 0.6 is 11.8 Å². The van der Waals surface area contributed by atoms with E-state index in [1.165, 1.54) is 23.9 Å². The van der Waals surface area contributed by atoms with Gasteiger partial charge in [0.1, 0.15) is 5.82 Å². The fraction of sp³-hybridized carbons (Fsp3) is 0.286. The number of thioether (sulfide) groups is 1. The van der Waals surface area contributed by atoms with E-state index < -0.39 is 5.92 Å². The van der Waals surface area contributed by atoms with Crippen molar-refractivity contribution in [3.8, 4) is 0 Å². The molecule has 1 aliphatic heterocycles. The van der Waals surface area contributed by atoms with E-state index >= 15 is 0 Å². The molecule has 0 spiro atoms. The van der Waals surface area contributed by atoms with Gasteiger partial charge in [0.15, 0.2) is 5.82 Å². The second-order valence-corrected chi connectivity index (χ2v) is 8.59. The van der Waals surface area contributed by atoms with E-state index in [0.29, 0.717) is 29.4 Å². The van der Waals surface area contributed by atoms with Crippen molar-refractivity contribution in [2.75, 3.05) is 5.75 Å². The number of benzene rings is 2. The van der Waals surface area contributed by atoms with E-state index in [-0.39, 0.29) is 17.8 Å². The highest BCUT2D eigenvalue weighted by Gasteiger charge is 2.37. The second kappa shape index (κ2) is 7.16. The van der Waals surface area contributed by atoms with Gasteiger partial charge in [0.2, 0.25) is 0 Å².